The zero-order valence-electron chi connectivity index (χ0n) is 20.0. The summed E-state index contributed by atoms with van der Waals surface area (Å²) < 4.78 is 0. The molecule has 2 aromatic carbocycles. The summed E-state index contributed by atoms with van der Waals surface area (Å²) in [7, 11) is 0. The molecule has 0 saturated carbocycles. The first-order chi connectivity index (χ1) is 17.2. The van der Waals surface area contributed by atoms with Crippen LogP contribution in [-0.2, 0) is 27.2 Å². The highest BCUT2D eigenvalue weighted by Gasteiger charge is 2.29. The van der Waals surface area contributed by atoms with Crippen LogP contribution in [0.15, 0.2) is 36.4 Å². The number of aromatic hydroxyl groups is 2. The molecule has 0 spiro atoms. The van der Waals surface area contributed by atoms with E-state index in [9.17, 15) is 24.6 Å². The number of benzene rings is 2. The molecule has 1 aliphatic heterocycles. The van der Waals surface area contributed by atoms with Crippen LogP contribution in [0, 0.1) is 0 Å². The molecule has 0 radical (unpaired) electrons. The summed E-state index contributed by atoms with van der Waals surface area (Å²) in [6.45, 7) is 0.715. The van der Waals surface area contributed by atoms with E-state index in [1.807, 2.05) is 0 Å². The molecule has 3 rings (SSSR count). The van der Waals surface area contributed by atoms with Crippen LogP contribution >= 0.6 is 0 Å². The number of rotatable bonds is 6. The van der Waals surface area contributed by atoms with Crippen molar-refractivity contribution in [3.63, 3.8) is 0 Å². The molecule has 0 saturated heterocycles. The van der Waals surface area contributed by atoms with Crippen molar-refractivity contribution < 1.29 is 24.6 Å². The molecule has 11 nitrogen and oxygen atoms in total. The first-order valence-electron chi connectivity index (χ1n) is 11.9. The Bertz CT molecular complexity index is 1110. The van der Waals surface area contributed by atoms with Crippen molar-refractivity contribution in [3.8, 4) is 22.6 Å². The Morgan fingerprint density at radius 3 is 2.11 bits per heavy atom. The summed E-state index contributed by atoms with van der Waals surface area (Å²) in [6.07, 6.45) is 0.707. The number of phenolic OH excluding ortho intramolecular Hbond substituents is 2. The molecule has 0 fully saturated rings. The van der Waals surface area contributed by atoms with E-state index in [1.54, 1.807) is 24.3 Å². The monoisotopic (exact) mass is 498 g/mol. The second-order valence-electron chi connectivity index (χ2n) is 8.83. The zero-order valence-corrected chi connectivity index (χ0v) is 20.0. The summed E-state index contributed by atoms with van der Waals surface area (Å²) in [5.41, 5.74) is 19.6. The van der Waals surface area contributed by atoms with Gasteiger partial charge >= 0.3 is 0 Å². The van der Waals surface area contributed by atoms with Gasteiger partial charge in [0, 0.05) is 25.9 Å². The van der Waals surface area contributed by atoms with E-state index in [0.29, 0.717) is 29.7 Å². The van der Waals surface area contributed by atoms with Gasteiger partial charge in [0.2, 0.25) is 17.7 Å². The minimum atomic E-state index is -1.04. The molecular weight excluding hydrogens is 464 g/mol. The molecular formula is C25H34N6O5. The predicted octanol–water partition coefficient (Wildman–Crippen LogP) is -1.03. The molecule has 11 N–H and O–H groups in total. The summed E-state index contributed by atoms with van der Waals surface area (Å²) >= 11 is 0. The Morgan fingerprint density at radius 2 is 1.53 bits per heavy atom. The van der Waals surface area contributed by atoms with Crippen LogP contribution in [-0.4, -0.2) is 65.7 Å². The molecule has 0 aliphatic carbocycles. The van der Waals surface area contributed by atoms with Gasteiger partial charge in [-0.2, -0.15) is 0 Å². The van der Waals surface area contributed by atoms with Crippen molar-refractivity contribution in [1.82, 2.24) is 16.0 Å². The molecule has 0 aromatic heterocycles. The SMILES string of the molecule is NCCC[C@@H]1NC(=O)[C@@H](N)Cc2cc(ccc2O)-c2ccc(O)c(c2)C[C@@H](C(=O)NCCN)NC1=O. The van der Waals surface area contributed by atoms with Gasteiger partial charge in [-0.05, 0) is 65.9 Å². The largest absolute Gasteiger partial charge is 0.508 e. The van der Waals surface area contributed by atoms with Crippen molar-refractivity contribution in [2.75, 3.05) is 19.6 Å². The van der Waals surface area contributed by atoms with Gasteiger partial charge in [-0.1, -0.05) is 12.1 Å². The lowest BCUT2D eigenvalue weighted by Gasteiger charge is -2.24. The van der Waals surface area contributed by atoms with Crippen molar-refractivity contribution in [3.05, 3.63) is 47.5 Å². The van der Waals surface area contributed by atoms with Crippen LogP contribution in [0.5, 0.6) is 11.5 Å². The van der Waals surface area contributed by atoms with Gasteiger partial charge in [0.25, 0.3) is 0 Å². The van der Waals surface area contributed by atoms with Crippen molar-refractivity contribution in [2.24, 2.45) is 17.2 Å². The second kappa shape index (κ2) is 12.3. The fourth-order valence-electron chi connectivity index (χ4n) is 4.08. The fraction of sp³-hybridized carbons (Fsp3) is 0.400. The molecule has 194 valence electrons. The van der Waals surface area contributed by atoms with Gasteiger partial charge in [-0.25, -0.2) is 0 Å². The minimum absolute atomic E-state index is 0.0101. The zero-order chi connectivity index (χ0) is 26.2. The lowest BCUT2D eigenvalue weighted by Crippen LogP contribution is -2.56. The Balaban J connectivity index is 2.08. The van der Waals surface area contributed by atoms with Gasteiger partial charge < -0.3 is 43.4 Å². The third-order valence-corrected chi connectivity index (χ3v) is 6.10. The van der Waals surface area contributed by atoms with E-state index in [2.05, 4.69) is 16.0 Å². The standard InChI is InChI=1S/C25H34N6O5/c26-7-1-2-19-25(36)31-20(24(35)29-9-8-27)13-17-11-15(4-6-22(17)33)14-3-5-21(32)16(10-14)12-18(28)23(34)30-19/h3-6,10-11,18-20,32-33H,1-2,7-9,12-13,26-28H2,(H,29,35)(H,30,34)(H,31,36)/t18-,19-,20-/m0/s1. The maximum Gasteiger partial charge on any atom is 0.243 e. The van der Waals surface area contributed by atoms with Crippen LogP contribution in [0.25, 0.3) is 11.1 Å². The Morgan fingerprint density at radius 1 is 0.917 bits per heavy atom. The number of hydrogen-bond donors (Lipinski definition) is 8. The number of nitrogens with one attached hydrogen (secondary N) is 3. The minimum Gasteiger partial charge on any atom is -0.508 e. The number of carbonyl (C=O) groups is 3. The van der Waals surface area contributed by atoms with Gasteiger partial charge in [0.05, 0.1) is 6.04 Å². The number of phenols is 2. The second-order valence-corrected chi connectivity index (χ2v) is 8.83. The van der Waals surface area contributed by atoms with Gasteiger partial charge in [-0.15, -0.1) is 0 Å². The summed E-state index contributed by atoms with van der Waals surface area (Å²) in [5.74, 6) is -1.68. The van der Waals surface area contributed by atoms with Gasteiger partial charge in [0.15, 0.2) is 0 Å². The lowest BCUT2D eigenvalue weighted by atomic mass is 9.95. The number of nitrogens with two attached hydrogens (primary N) is 3. The average Bonchev–Trinajstić information content (AvgIpc) is 2.86. The maximum absolute atomic E-state index is 13.2. The van der Waals surface area contributed by atoms with E-state index in [4.69, 9.17) is 17.2 Å². The molecule has 3 amide bonds. The Labute approximate surface area is 209 Å². The Hall–Kier alpha value is -3.67. The first-order valence-corrected chi connectivity index (χ1v) is 11.9. The van der Waals surface area contributed by atoms with E-state index < -0.39 is 35.8 Å². The topological polar surface area (TPSA) is 206 Å². The van der Waals surface area contributed by atoms with Crippen LogP contribution in [0.3, 0.4) is 0 Å². The highest BCUT2D eigenvalue weighted by molar-refractivity contribution is 5.93. The highest BCUT2D eigenvalue weighted by Crippen LogP contribution is 2.30. The van der Waals surface area contributed by atoms with Crippen LogP contribution in [0.4, 0.5) is 0 Å². The van der Waals surface area contributed by atoms with Crippen molar-refractivity contribution in [1.29, 1.82) is 0 Å². The van der Waals surface area contributed by atoms with Gasteiger partial charge in [0.1, 0.15) is 23.6 Å². The third kappa shape index (κ3) is 6.72. The van der Waals surface area contributed by atoms with Crippen molar-refractivity contribution in [2.45, 2.75) is 43.8 Å². The first kappa shape index (κ1) is 26.9. The van der Waals surface area contributed by atoms with E-state index in [-0.39, 0.29) is 43.9 Å². The predicted molar refractivity (Wildman–Crippen MR) is 135 cm³/mol. The number of fused-ring (bicyclic) bond motifs is 5. The average molecular weight is 499 g/mol. The fourth-order valence-corrected chi connectivity index (χ4v) is 4.08. The highest BCUT2D eigenvalue weighted by atomic mass is 16.3. The van der Waals surface area contributed by atoms with Crippen molar-refractivity contribution >= 4 is 17.7 Å². The van der Waals surface area contributed by atoms with E-state index >= 15 is 0 Å². The van der Waals surface area contributed by atoms with Crippen LogP contribution in [0.2, 0.25) is 0 Å². The smallest absolute Gasteiger partial charge is 0.243 e. The Kier molecular flexibility index (Phi) is 9.23. The molecule has 2 aromatic rings. The molecule has 0 unspecified atom stereocenters. The molecule has 1 aliphatic rings. The number of hydrogen-bond acceptors (Lipinski definition) is 8. The molecule has 4 bridgehead atoms. The summed E-state index contributed by atoms with van der Waals surface area (Å²) in [6, 6.07) is 6.79. The van der Waals surface area contributed by atoms with Gasteiger partial charge in [-0.3, -0.25) is 14.4 Å². The third-order valence-electron chi connectivity index (χ3n) is 6.10. The number of carbonyl (C=O) groups excluding carboxylic acids is 3. The van der Waals surface area contributed by atoms with E-state index in [0.717, 1.165) is 5.56 Å². The molecule has 11 heteroatoms. The summed E-state index contributed by atoms with van der Waals surface area (Å²) in [5, 5.41) is 28.9. The number of amides is 3. The van der Waals surface area contributed by atoms with Crippen LogP contribution in [0.1, 0.15) is 24.0 Å². The maximum atomic E-state index is 13.2. The molecule has 1 heterocycles. The lowest BCUT2D eigenvalue weighted by molar-refractivity contribution is -0.132. The van der Waals surface area contributed by atoms with Crippen LogP contribution < -0.4 is 33.2 Å². The summed E-state index contributed by atoms with van der Waals surface area (Å²) in [4.78, 5) is 39.0. The molecule has 3 atom stereocenters. The quantitative estimate of drug-likeness (QED) is 0.247. The van der Waals surface area contributed by atoms with E-state index in [1.165, 1.54) is 12.1 Å². The normalized spacial score (nSPS) is 20.5. The molecule has 36 heavy (non-hydrogen) atoms.